The second kappa shape index (κ2) is 8.10. The van der Waals surface area contributed by atoms with Crippen LogP contribution in [0.25, 0.3) is 0 Å². The van der Waals surface area contributed by atoms with E-state index in [4.69, 9.17) is 4.74 Å². The molecule has 29 heavy (non-hydrogen) atoms. The Balaban J connectivity index is 1.63. The van der Waals surface area contributed by atoms with Crippen LogP contribution in [-0.4, -0.2) is 71.4 Å². The Morgan fingerprint density at radius 1 is 1.10 bits per heavy atom. The molecule has 0 bridgehead atoms. The highest BCUT2D eigenvalue weighted by Gasteiger charge is 2.47. The van der Waals surface area contributed by atoms with E-state index in [9.17, 15) is 19.4 Å². The molecule has 0 saturated carbocycles. The van der Waals surface area contributed by atoms with Gasteiger partial charge in [-0.05, 0) is 24.1 Å². The smallest absolute Gasteiger partial charge is 0.256 e. The fourth-order valence-corrected chi connectivity index (χ4v) is 4.33. The van der Waals surface area contributed by atoms with Crippen molar-refractivity contribution in [2.75, 3.05) is 39.4 Å². The van der Waals surface area contributed by atoms with Crippen LogP contribution in [-0.2, 0) is 10.3 Å². The molecule has 7 heteroatoms. The molecular weight excluding hydrogens is 375 g/mol. The van der Waals surface area contributed by atoms with Crippen LogP contribution in [0, 0.1) is 5.82 Å². The van der Waals surface area contributed by atoms with Gasteiger partial charge in [0.1, 0.15) is 17.2 Å². The zero-order valence-electron chi connectivity index (χ0n) is 16.1. The first-order chi connectivity index (χ1) is 14.0. The average molecular weight is 400 g/mol. The summed E-state index contributed by atoms with van der Waals surface area (Å²) in [5, 5.41) is 21.1. The third-order valence-electron chi connectivity index (χ3n) is 5.94. The molecule has 0 aliphatic carbocycles. The maximum Gasteiger partial charge on any atom is 0.256 e. The van der Waals surface area contributed by atoms with Crippen LogP contribution in [0.2, 0.25) is 0 Å². The number of morpholine rings is 1. The molecule has 2 atom stereocenters. The number of benzene rings is 2. The van der Waals surface area contributed by atoms with Crippen LogP contribution >= 0.6 is 0 Å². The lowest BCUT2D eigenvalue weighted by Gasteiger charge is -2.50. The first-order valence-electron chi connectivity index (χ1n) is 9.86. The van der Waals surface area contributed by atoms with Crippen LogP contribution < -0.4 is 0 Å². The molecule has 154 valence electrons. The summed E-state index contributed by atoms with van der Waals surface area (Å²) < 4.78 is 19.7. The molecule has 0 unspecified atom stereocenters. The highest BCUT2D eigenvalue weighted by atomic mass is 19.1. The number of phenols is 1. The summed E-state index contributed by atoms with van der Waals surface area (Å²) >= 11 is 0. The molecule has 0 radical (unpaired) electrons. The number of amides is 1. The SMILES string of the molecule is O=C(c1ccc(O)cc1F)N1CC[C@](O)(c2ccccc2)[C@H](N2CCOCC2)C1. The first kappa shape index (κ1) is 19.8. The summed E-state index contributed by atoms with van der Waals surface area (Å²) in [7, 11) is 0. The van der Waals surface area contributed by atoms with Gasteiger partial charge >= 0.3 is 0 Å². The van der Waals surface area contributed by atoms with E-state index in [-0.39, 0.29) is 23.9 Å². The minimum absolute atomic E-state index is 0.0753. The van der Waals surface area contributed by atoms with Crippen molar-refractivity contribution in [3.05, 3.63) is 65.5 Å². The Labute approximate surface area is 169 Å². The number of phenolic OH excluding ortho intramolecular Hbond substituents is 1. The summed E-state index contributed by atoms with van der Waals surface area (Å²) in [6.45, 7) is 3.06. The predicted molar refractivity (Wildman–Crippen MR) is 105 cm³/mol. The number of halogens is 1. The van der Waals surface area contributed by atoms with E-state index in [1.54, 1.807) is 4.90 Å². The number of rotatable bonds is 3. The lowest BCUT2D eigenvalue weighted by atomic mass is 9.79. The molecule has 4 rings (SSSR count). The van der Waals surface area contributed by atoms with Crippen LogP contribution in [0.1, 0.15) is 22.3 Å². The lowest BCUT2D eigenvalue weighted by Crippen LogP contribution is -2.63. The van der Waals surface area contributed by atoms with E-state index >= 15 is 0 Å². The van der Waals surface area contributed by atoms with E-state index in [0.29, 0.717) is 39.3 Å². The molecule has 2 aromatic carbocycles. The highest BCUT2D eigenvalue weighted by molar-refractivity contribution is 5.94. The van der Waals surface area contributed by atoms with Gasteiger partial charge in [-0.2, -0.15) is 0 Å². The number of aliphatic hydroxyl groups is 1. The number of likely N-dealkylation sites (tertiary alicyclic amines) is 1. The van der Waals surface area contributed by atoms with Gasteiger partial charge in [-0.3, -0.25) is 9.69 Å². The van der Waals surface area contributed by atoms with Crippen LogP contribution in [0.15, 0.2) is 48.5 Å². The molecule has 2 N–H and O–H groups in total. The average Bonchev–Trinajstić information content (AvgIpc) is 2.75. The standard InChI is InChI=1S/C22H25FN2O4/c23-19-14-17(26)6-7-18(19)21(27)25-9-8-22(28,16-4-2-1-3-5-16)20(15-25)24-10-12-29-13-11-24/h1-7,14,20,26,28H,8-13,15H2/t20-,22+/m1/s1. The monoisotopic (exact) mass is 400 g/mol. The molecule has 2 aromatic rings. The Morgan fingerprint density at radius 2 is 1.83 bits per heavy atom. The number of aromatic hydroxyl groups is 1. The Hall–Kier alpha value is -2.48. The number of nitrogens with zero attached hydrogens (tertiary/aromatic N) is 2. The van der Waals surface area contributed by atoms with Gasteiger partial charge in [0.05, 0.1) is 24.8 Å². The molecule has 1 amide bonds. The molecule has 2 aliphatic rings. The van der Waals surface area contributed by atoms with Gasteiger partial charge in [0.15, 0.2) is 0 Å². The summed E-state index contributed by atoms with van der Waals surface area (Å²) in [6, 6.07) is 12.7. The van der Waals surface area contributed by atoms with Gasteiger partial charge < -0.3 is 19.8 Å². The third-order valence-corrected chi connectivity index (χ3v) is 5.94. The minimum atomic E-state index is -1.11. The number of carbonyl (C=O) groups is 1. The second-order valence-electron chi connectivity index (χ2n) is 7.62. The zero-order valence-corrected chi connectivity index (χ0v) is 16.1. The fraction of sp³-hybridized carbons (Fsp3) is 0.409. The molecule has 2 heterocycles. The van der Waals surface area contributed by atoms with Crippen molar-refractivity contribution in [1.29, 1.82) is 0 Å². The van der Waals surface area contributed by atoms with Crippen LogP contribution in [0.4, 0.5) is 4.39 Å². The summed E-state index contributed by atoms with van der Waals surface area (Å²) in [5.74, 6) is -1.40. The van der Waals surface area contributed by atoms with E-state index in [0.717, 1.165) is 11.6 Å². The molecule has 0 aromatic heterocycles. The molecule has 2 fully saturated rings. The van der Waals surface area contributed by atoms with Crippen LogP contribution in [0.3, 0.4) is 0 Å². The van der Waals surface area contributed by atoms with Crippen molar-refractivity contribution in [2.45, 2.75) is 18.1 Å². The second-order valence-corrected chi connectivity index (χ2v) is 7.62. The van der Waals surface area contributed by atoms with Gasteiger partial charge in [0.25, 0.3) is 5.91 Å². The summed E-state index contributed by atoms with van der Waals surface area (Å²) in [4.78, 5) is 16.7. The lowest BCUT2D eigenvalue weighted by molar-refractivity contribution is -0.112. The summed E-state index contributed by atoms with van der Waals surface area (Å²) in [6.07, 6.45) is 0.352. The first-order valence-corrected chi connectivity index (χ1v) is 9.86. The van der Waals surface area contributed by atoms with Crippen molar-refractivity contribution in [3.8, 4) is 5.75 Å². The predicted octanol–water partition coefficient (Wildman–Crippen LogP) is 1.97. The largest absolute Gasteiger partial charge is 0.508 e. The molecule has 2 aliphatic heterocycles. The maximum absolute atomic E-state index is 14.2. The van der Waals surface area contributed by atoms with Crippen LogP contribution in [0.5, 0.6) is 5.75 Å². The Morgan fingerprint density at radius 3 is 2.52 bits per heavy atom. The molecule has 6 nitrogen and oxygen atoms in total. The van der Waals surface area contributed by atoms with Gasteiger partial charge in [0.2, 0.25) is 0 Å². The van der Waals surface area contributed by atoms with Crippen molar-refractivity contribution in [3.63, 3.8) is 0 Å². The van der Waals surface area contributed by atoms with Gasteiger partial charge in [-0.1, -0.05) is 30.3 Å². The maximum atomic E-state index is 14.2. The third kappa shape index (κ3) is 3.85. The van der Waals surface area contributed by atoms with Crippen molar-refractivity contribution in [2.24, 2.45) is 0 Å². The quantitative estimate of drug-likeness (QED) is 0.824. The Kier molecular flexibility index (Phi) is 5.54. The highest BCUT2D eigenvalue weighted by Crippen LogP contribution is 2.37. The molecule has 2 saturated heterocycles. The van der Waals surface area contributed by atoms with Gasteiger partial charge in [-0.15, -0.1) is 0 Å². The fourth-order valence-electron chi connectivity index (χ4n) is 4.33. The topological polar surface area (TPSA) is 73.2 Å². The van der Waals surface area contributed by atoms with E-state index in [2.05, 4.69) is 4.90 Å². The van der Waals surface area contributed by atoms with E-state index < -0.39 is 17.3 Å². The minimum Gasteiger partial charge on any atom is -0.508 e. The van der Waals surface area contributed by atoms with Crippen molar-refractivity contribution >= 4 is 5.91 Å². The number of hydrogen-bond donors (Lipinski definition) is 2. The van der Waals surface area contributed by atoms with Crippen molar-refractivity contribution in [1.82, 2.24) is 9.80 Å². The Bertz CT molecular complexity index is 872. The number of carbonyl (C=O) groups excluding carboxylic acids is 1. The van der Waals surface area contributed by atoms with E-state index in [1.807, 2.05) is 30.3 Å². The summed E-state index contributed by atoms with van der Waals surface area (Å²) in [5.41, 5.74) is -0.365. The number of hydrogen-bond acceptors (Lipinski definition) is 5. The molecular formula is C22H25FN2O4. The number of piperidine rings is 1. The van der Waals surface area contributed by atoms with Gasteiger partial charge in [-0.25, -0.2) is 4.39 Å². The number of ether oxygens (including phenoxy) is 1. The van der Waals surface area contributed by atoms with E-state index in [1.165, 1.54) is 12.1 Å². The zero-order chi connectivity index (χ0) is 20.4. The molecule has 0 spiro atoms. The van der Waals surface area contributed by atoms with Gasteiger partial charge in [0, 0.05) is 32.2 Å². The normalized spacial score (nSPS) is 25.7. The van der Waals surface area contributed by atoms with Crippen molar-refractivity contribution < 1.29 is 24.1 Å².